The molecule has 0 aliphatic carbocycles. The van der Waals surface area contributed by atoms with E-state index in [1.807, 2.05) is 0 Å². The van der Waals surface area contributed by atoms with Crippen molar-refractivity contribution < 1.29 is 0 Å². The van der Waals surface area contributed by atoms with Crippen molar-refractivity contribution in [2.45, 2.75) is 4.84 Å². The molecule has 0 nitrogen and oxygen atoms in total. The Morgan fingerprint density at radius 2 is 1.50 bits per heavy atom. The fraction of sp³-hybridized carbons (Fsp3) is 0.143. The van der Waals surface area contributed by atoms with Crippen molar-refractivity contribution in [3.8, 4) is 0 Å². The van der Waals surface area contributed by atoms with Crippen LogP contribution in [0.25, 0.3) is 0 Å². The molecule has 0 amide bonds. The van der Waals surface area contributed by atoms with E-state index >= 15 is 0 Å². The molecule has 0 aromatic heterocycles. The van der Waals surface area contributed by atoms with Gasteiger partial charge in [0.15, 0.2) is 0 Å². The smallest absolute Gasteiger partial charge is 0.100 e. The molecule has 0 atom stereocenters. The first-order valence-electron chi connectivity index (χ1n) is 2.95. The molecule has 5 heteroatoms. The Kier molecular flexibility index (Phi) is 3.81. The zero-order valence-electron chi connectivity index (χ0n) is 5.62. The summed E-state index contributed by atoms with van der Waals surface area (Å²) in [6, 6.07) is 3.24. The van der Waals surface area contributed by atoms with Gasteiger partial charge in [0, 0.05) is 5.56 Å². The second-order valence-electron chi connectivity index (χ2n) is 2.07. The van der Waals surface area contributed by atoms with Crippen molar-refractivity contribution in [2.24, 2.45) is 0 Å². The van der Waals surface area contributed by atoms with E-state index in [0.717, 1.165) is 0 Å². The molecule has 1 aromatic carbocycles. The lowest BCUT2D eigenvalue weighted by Crippen LogP contribution is -1.84. The molecule has 0 radical (unpaired) electrons. The average Bonchev–Trinajstić information content (AvgIpc) is 2.00. The maximum Gasteiger partial charge on any atom is 0.134 e. The second-order valence-corrected chi connectivity index (χ2v) is 4.32. The summed E-state index contributed by atoms with van der Waals surface area (Å²) in [6.07, 6.45) is 0. The van der Waals surface area contributed by atoms with Crippen LogP contribution in [-0.2, 0) is 0 Å². The summed E-state index contributed by atoms with van der Waals surface area (Å²) in [7, 11) is 0. The Morgan fingerprint density at radius 3 is 2.00 bits per heavy atom. The van der Waals surface area contributed by atoms with Crippen LogP contribution in [0.2, 0.25) is 15.1 Å². The molecular formula is C7H3Cl5. The van der Waals surface area contributed by atoms with Gasteiger partial charge < -0.3 is 0 Å². The van der Waals surface area contributed by atoms with Gasteiger partial charge >= 0.3 is 0 Å². The highest BCUT2D eigenvalue weighted by Crippen LogP contribution is 2.38. The lowest BCUT2D eigenvalue weighted by atomic mass is 10.2. The number of alkyl halides is 2. The fourth-order valence-electron chi connectivity index (χ4n) is 0.709. The number of halogens is 5. The molecule has 0 spiro atoms. The molecule has 0 fully saturated rings. The van der Waals surface area contributed by atoms with E-state index in [1.54, 1.807) is 12.1 Å². The highest BCUT2D eigenvalue weighted by molar-refractivity contribution is 6.50. The minimum atomic E-state index is -0.688. The Hall–Kier alpha value is 0.670. The lowest BCUT2D eigenvalue weighted by molar-refractivity contribution is 1.35. The molecule has 66 valence electrons. The topological polar surface area (TPSA) is 0 Å². The van der Waals surface area contributed by atoms with Gasteiger partial charge in [0.1, 0.15) is 4.84 Å². The highest BCUT2D eigenvalue weighted by Gasteiger charge is 2.13. The largest absolute Gasteiger partial charge is 0.134 e. The number of rotatable bonds is 1. The molecule has 0 saturated carbocycles. The van der Waals surface area contributed by atoms with E-state index in [9.17, 15) is 0 Å². The number of hydrogen-bond acceptors (Lipinski definition) is 0. The van der Waals surface area contributed by atoms with Crippen LogP contribution in [0, 0.1) is 0 Å². The summed E-state index contributed by atoms with van der Waals surface area (Å²) in [6.45, 7) is 0. The van der Waals surface area contributed by atoms with Gasteiger partial charge in [0.25, 0.3) is 0 Å². The van der Waals surface area contributed by atoms with Crippen LogP contribution in [0.1, 0.15) is 10.4 Å². The van der Waals surface area contributed by atoms with Gasteiger partial charge in [-0.3, -0.25) is 0 Å². The zero-order valence-corrected chi connectivity index (χ0v) is 9.40. The van der Waals surface area contributed by atoms with Gasteiger partial charge in [0.2, 0.25) is 0 Å². The van der Waals surface area contributed by atoms with Gasteiger partial charge in [0.05, 0.1) is 15.1 Å². The normalized spacial score (nSPS) is 10.8. The van der Waals surface area contributed by atoms with Gasteiger partial charge in [-0.15, -0.1) is 23.2 Å². The lowest BCUT2D eigenvalue weighted by Gasteiger charge is -2.06. The Labute approximate surface area is 95.3 Å². The van der Waals surface area contributed by atoms with E-state index in [1.165, 1.54) is 0 Å². The third-order valence-corrected chi connectivity index (χ3v) is 3.08. The number of benzene rings is 1. The molecule has 12 heavy (non-hydrogen) atoms. The first kappa shape index (κ1) is 10.7. The third-order valence-electron chi connectivity index (χ3n) is 1.30. The van der Waals surface area contributed by atoms with E-state index in [2.05, 4.69) is 0 Å². The van der Waals surface area contributed by atoms with Crippen molar-refractivity contribution >= 4 is 58.0 Å². The molecule has 0 aliphatic rings. The predicted octanol–water partition coefficient (Wildman–Crippen LogP) is 5.12. The minimum Gasteiger partial charge on any atom is -0.100 e. The quantitative estimate of drug-likeness (QED) is 0.487. The second kappa shape index (κ2) is 4.26. The van der Waals surface area contributed by atoms with Crippen molar-refractivity contribution in [1.82, 2.24) is 0 Å². The van der Waals surface area contributed by atoms with Crippen LogP contribution in [-0.4, -0.2) is 0 Å². The van der Waals surface area contributed by atoms with Crippen LogP contribution in [0.4, 0.5) is 0 Å². The molecule has 0 N–H and O–H groups in total. The zero-order chi connectivity index (χ0) is 9.30. The Morgan fingerprint density at radius 1 is 0.917 bits per heavy atom. The van der Waals surface area contributed by atoms with Gasteiger partial charge in [-0.25, -0.2) is 0 Å². The standard InChI is InChI=1S/C7H3Cl5/c8-4-2-1-3(7(11)12)5(9)6(4)10/h1-2,7H. The third kappa shape index (κ3) is 2.12. The molecule has 1 aromatic rings. The van der Waals surface area contributed by atoms with Crippen molar-refractivity contribution in [3.63, 3.8) is 0 Å². The molecule has 0 saturated heterocycles. The van der Waals surface area contributed by atoms with Gasteiger partial charge in [-0.1, -0.05) is 40.9 Å². The van der Waals surface area contributed by atoms with Crippen LogP contribution >= 0.6 is 58.0 Å². The Bertz CT molecular complexity index is 294. The molecule has 0 aliphatic heterocycles. The predicted molar refractivity (Wildman–Crippen MR) is 55.9 cm³/mol. The first-order valence-corrected chi connectivity index (χ1v) is 4.96. The van der Waals surface area contributed by atoms with Gasteiger partial charge in [-0.05, 0) is 6.07 Å². The summed E-state index contributed by atoms with van der Waals surface area (Å²) in [5.41, 5.74) is 0.564. The molecule has 0 heterocycles. The minimum absolute atomic E-state index is 0.280. The van der Waals surface area contributed by atoms with Crippen LogP contribution in [0.3, 0.4) is 0 Å². The summed E-state index contributed by atoms with van der Waals surface area (Å²) in [5, 5.41) is 0.973. The summed E-state index contributed by atoms with van der Waals surface area (Å²) in [4.78, 5) is -0.688. The van der Waals surface area contributed by atoms with Crippen molar-refractivity contribution in [3.05, 3.63) is 32.8 Å². The summed E-state index contributed by atoms with van der Waals surface area (Å²) < 4.78 is 0. The summed E-state index contributed by atoms with van der Waals surface area (Å²) >= 11 is 28.5. The van der Waals surface area contributed by atoms with Crippen LogP contribution < -0.4 is 0 Å². The van der Waals surface area contributed by atoms with E-state index in [4.69, 9.17) is 58.0 Å². The molecule has 1 rings (SSSR count). The SMILES string of the molecule is Clc1ccc(C(Cl)Cl)c(Cl)c1Cl. The maximum atomic E-state index is 5.81. The maximum absolute atomic E-state index is 5.81. The van der Waals surface area contributed by atoms with E-state index in [0.29, 0.717) is 15.6 Å². The fourth-order valence-corrected chi connectivity index (χ4v) is 1.84. The van der Waals surface area contributed by atoms with E-state index < -0.39 is 4.84 Å². The molecule has 0 bridgehead atoms. The van der Waals surface area contributed by atoms with Crippen molar-refractivity contribution in [2.75, 3.05) is 0 Å². The Balaban J connectivity index is 3.27. The molecule has 0 unspecified atom stereocenters. The average molecular weight is 264 g/mol. The van der Waals surface area contributed by atoms with Crippen LogP contribution in [0.15, 0.2) is 12.1 Å². The monoisotopic (exact) mass is 262 g/mol. The summed E-state index contributed by atoms with van der Waals surface area (Å²) in [5.74, 6) is 0. The first-order chi connectivity index (χ1) is 5.54. The van der Waals surface area contributed by atoms with Crippen LogP contribution in [0.5, 0.6) is 0 Å². The van der Waals surface area contributed by atoms with Crippen molar-refractivity contribution in [1.29, 1.82) is 0 Å². The van der Waals surface area contributed by atoms with Gasteiger partial charge in [-0.2, -0.15) is 0 Å². The molecular weight excluding hydrogens is 261 g/mol. The number of hydrogen-bond donors (Lipinski definition) is 0. The highest BCUT2D eigenvalue weighted by atomic mass is 35.5. The van der Waals surface area contributed by atoms with E-state index in [-0.39, 0.29) is 5.02 Å².